The second-order valence-corrected chi connectivity index (χ2v) is 17.4. The summed E-state index contributed by atoms with van der Waals surface area (Å²) >= 11 is 12.6. The minimum Gasteiger partial charge on any atom is -0.493 e. The van der Waals surface area contributed by atoms with Crippen molar-refractivity contribution >= 4 is 55.1 Å². The summed E-state index contributed by atoms with van der Waals surface area (Å²) in [6.07, 6.45) is 0. The van der Waals surface area contributed by atoms with Gasteiger partial charge in [0.25, 0.3) is 0 Å². The number of amides is 2. The molecule has 0 N–H and O–H groups in total. The Morgan fingerprint density at radius 3 is 2.04 bits per heavy atom. The van der Waals surface area contributed by atoms with Gasteiger partial charge in [-0.3, -0.25) is 9.89 Å². The smallest absolute Gasteiger partial charge is 0.326 e. The van der Waals surface area contributed by atoms with Crippen molar-refractivity contribution in [1.82, 2.24) is 23.6 Å². The van der Waals surface area contributed by atoms with Crippen LogP contribution >= 0.6 is 23.2 Å². The average molecular weight is 790 g/mol. The van der Waals surface area contributed by atoms with Gasteiger partial charge >= 0.3 is 6.03 Å². The molecule has 0 radical (unpaired) electrons. The van der Waals surface area contributed by atoms with E-state index in [2.05, 4.69) is 5.16 Å². The molecule has 52 heavy (non-hydrogen) atoms. The normalized spacial score (nSPS) is 18.6. The highest BCUT2D eigenvalue weighted by molar-refractivity contribution is 7.89. The standard InChI is InChI=1S/C35H38Cl2N6O7S2/c1-6-49-30-16-15-28(51(45,46)40(4)5)21-29(30)34-38-31(24-7-11-26(36)12-8-24)32(25-9-13-27(37)14-10-25)43(34)35(44)41-17-19-42(20-18-41)52(47,48)33-22(2)39-50-23(33)3/h7-16,21,31-32H,6,17-20H2,1-5H3. The number of hydrogen-bond acceptors (Lipinski definition) is 9. The molecule has 2 aliphatic heterocycles. The van der Waals surface area contributed by atoms with Crippen LogP contribution in [0.5, 0.6) is 5.75 Å². The first-order chi connectivity index (χ1) is 24.6. The van der Waals surface area contributed by atoms with Crippen molar-refractivity contribution < 1.29 is 30.9 Å². The number of carbonyl (C=O) groups excluding carboxylic acids is 1. The number of sulfonamides is 2. The third kappa shape index (κ3) is 7.05. The Morgan fingerprint density at radius 1 is 0.904 bits per heavy atom. The lowest BCUT2D eigenvalue weighted by molar-refractivity contribution is 0.143. The highest BCUT2D eigenvalue weighted by Crippen LogP contribution is 2.46. The van der Waals surface area contributed by atoms with Gasteiger partial charge in [-0.1, -0.05) is 52.6 Å². The fourth-order valence-corrected chi connectivity index (χ4v) is 9.33. The molecule has 3 aromatic carbocycles. The Kier molecular flexibility index (Phi) is 10.7. The number of rotatable bonds is 9. The number of carbonyl (C=O) groups is 1. The van der Waals surface area contributed by atoms with Crippen molar-refractivity contribution in [2.24, 2.45) is 4.99 Å². The van der Waals surface area contributed by atoms with Crippen LogP contribution < -0.4 is 4.74 Å². The monoisotopic (exact) mass is 788 g/mol. The SMILES string of the molecule is CCOc1ccc(S(=O)(=O)N(C)C)cc1C1=NC(c2ccc(Cl)cc2)C(c2ccc(Cl)cc2)N1C(=O)N1CCN(S(=O)(=O)c2c(C)noc2C)CC1. The van der Waals surface area contributed by atoms with Crippen molar-refractivity contribution in [3.63, 3.8) is 0 Å². The van der Waals surface area contributed by atoms with E-state index in [0.29, 0.717) is 26.9 Å². The van der Waals surface area contributed by atoms with Gasteiger partial charge in [0.2, 0.25) is 20.0 Å². The molecule has 0 bridgehead atoms. The van der Waals surface area contributed by atoms with Crippen LogP contribution in [0.1, 0.15) is 47.2 Å². The first-order valence-electron chi connectivity index (χ1n) is 16.4. The summed E-state index contributed by atoms with van der Waals surface area (Å²) in [5, 5.41) is 4.83. The minimum atomic E-state index is -3.94. The predicted octanol–water partition coefficient (Wildman–Crippen LogP) is 5.92. The summed E-state index contributed by atoms with van der Waals surface area (Å²) in [6.45, 7) is 5.35. The lowest BCUT2D eigenvalue weighted by Crippen LogP contribution is -2.55. The predicted molar refractivity (Wildman–Crippen MR) is 197 cm³/mol. The van der Waals surface area contributed by atoms with Crippen LogP contribution in [0.25, 0.3) is 0 Å². The van der Waals surface area contributed by atoms with Crippen LogP contribution in [0.3, 0.4) is 0 Å². The maximum Gasteiger partial charge on any atom is 0.326 e. The van der Waals surface area contributed by atoms with Crippen LogP contribution in [-0.4, -0.2) is 99.2 Å². The third-order valence-corrected chi connectivity index (χ3v) is 13.5. The summed E-state index contributed by atoms with van der Waals surface area (Å²) in [5.74, 6) is 0.713. The molecule has 3 heterocycles. The summed E-state index contributed by atoms with van der Waals surface area (Å²) < 4.78 is 67.5. The molecule has 2 atom stereocenters. The minimum absolute atomic E-state index is 0.0119. The summed E-state index contributed by atoms with van der Waals surface area (Å²) in [7, 11) is -4.97. The maximum absolute atomic E-state index is 15.0. The summed E-state index contributed by atoms with van der Waals surface area (Å²) in [5.41, 5.74) is 2.03. The number of aryl methyl sites for hydroxylation is 2. The Labute approximate surface area is 313 Å². The average Bonchev–Trinajstić information content (AvgIpc) is 3.68. The fourth-order valence-electron chi connectivity index (χ4n) is 6.44. The zero-order valence-corrected chi connectivity index (χ0v) is 32.3. The van der Waals surface area contributed by atoms with Gasteiger partial charge in [-0.25, -0.2) is 25.9 Å². The fraction of sp³-hybridized carbons (Fsp3) is 0.343. The molecule has 2 unspecified atom stereocenters. The van der Waals surface area contributed by atoms with Crippen molar-refractivity contribution in [3.05, 3.63) is 105 Å². The molecule has 13 nitrogen and oxygen atoms in total. The Morgan fingerprint density at radius 2 is 1.50 bits per heavy atom. The molecular weight excluding hydrogens is 751 g/mol. The molecule has 2 amide bonds. The topological polar surface area (TPSA) is 146 Å². The summed E-state index contributed by atoms with van der Waals surface area (Å²) in [6, 6.07) is 16.9. The van der Waals surface area contributed by atoms with E-state index in [1.54, 1.807) is 60.9 Å². The number of halogens is 2. The van der Waals surface area contributed by atoms with E-state index in [1.807, 2.05) is 24.3 Å². The number of aliphatic imine (C=N–C) groups is 1. The Balaban J connectivity index is 1.47. The van der Waals surface area contributed by atoms with Crippen molar-refractivity contribution in [1.29, 1.82) is 0 Å². The van der Waals surface area contributed by atoms with Crippen molar-refractivity contribution in [3.8, 4) is 5.75 Å². The second kappa shape index (κ2) is 14.8. The first-order valence-corrected chi connectivity index (χ1v) is 20.1. The van der Waals surface area contributed by atoms with E-state index in [-0.39, 0.29) is 59.9 Å². The number of amidine groups is 1. The van der Waals surface area contributed by atoms with Gasteiger partial charge in [0, 0.05) is 50.3 Å². The molecule has 4 aromatic rings. The van der Waals surface area contributed by atoms with Crippen molar-refractivity contribution in [2.45, 2.75) is 42.6 Å². The molecule has 1 fully saturated rings. The lowest BCUT2D eigenvalue weighted by atomic mass is 9.93. The van der Waals surface area contributed by atoms with E-state index < -0.39 is 38.2 Å². The van der Waals surface area contributed by atoms with Crippen LogP contribution in [0.4, 0.5) is 4.79 Å². The molecule has 17 heteroatoms. The molecule has 2 aliphatic rings. The highest BCUT2D eigenvalue weighted by Gasteiger charge is 2.46. The molecule has 276 valence electrons. The van der Waals surface area contributed by atoms with Crippen LogP contribution in [0.15, 0.2) is 86.0 Å². The van der Waals surface area contributed by atoms with E-state index in [4.69, 9.17) is 37.5 Å². The zero-order chi connectivity index (χ0) is 37.5. The summed E-state index contributed by atoms with van der Waals surface area (Å²) in [4.78, 5) is 23.3. The van der Waals surface area contributed by atoms with Crippen molar-refractivity contribution in [2.75, 3.05) is 46.9 Å². The number of nitrogens with zero attached hydrogens (tertiary/aromatic N) is 6. The first kappa shape index (κ1) is 37.8. The van der Waals surface area contributed by atoms with Crippen LogP contribution in [0, 0.1) is 13.8 Å². The number of hydrogen-bond donors (Lipinski definition) is 0. The maximum atomic E-state index is 15.0. The molecule has 1 aromatic heterocycles. The molecule has 0 saturated carbocycles. The Bertz CT molecular complexity index is 2200. The molecule has 1 saturated heterocycles. The second-order valence-electron chi connectivity index (χ2n) is 12.5. The Hall–Kier alpha value is -3.99. The number of piperazine rings is 1. The third-order valence-electron chi connectivity index (χ3n) is 9.04. The van der Waals surface area contributed by atoms with Gasteiger partial charge in [-0.2, -0.15) is 4.31 Å². The number of urea groups is 1. The number of ether oxygens (including phenoxy) is 1. The van der Waals surface area contributed by atoms with E-state index in [9.17, 15) is 21.6 Å². The van der Waals surface area contributed by atoms with E-state index in [0.717, 1.165) is 9.87 Å². The highest BCUT2D eigenvalue weighted by atomic mass is 35.5. The number of benzene rings is 3. The molecule has 6 rings (SSSR count). The van der Waals surface area contributed by atoms with Crippen LogP contribution in [-0.2, 0) is 20.0 Å². The quantitative estimate of drug-likeness (QED) is 0.203. The lowest BCUT2D eigenvalue weighted by Gasteiger charge is -2.38. The van der Waals surface area contributed by atoms with Gasteiger partial charge in [0.05, 0.1) is 23.1 Å². The van der Waals surface area contributed by atoms with Gasteiger partial charge in [0.1, 0.15) is 28.2 Å². The largest absolute Gasteiger partial charge is 0.493 e. The molecule has 0 aliphatic carbocycles. The zero-order valence-electron chi connectivity index (χ0n) is 29.2. The van der Waals surface area contributed by atoms with Gasteiger partial charge in [-0.15, -0.1) is 0 Å². The number of aromatic nitrogens is 1. The molecule has 0 spiro atoms. The molecular formula is C35H38Cl2N6O7S2. The van der Waals surface area contributed by atoms with E-state index >= 15 is 0 Å². The van der Waals surface area contributed by atoms with Gasteiger partial charge in [0.15, 0.2) is 5.76 Å². The van der Waals surface area contributed by atoms with Gasteiger partial charge < -0.3 is 14.2 Å². The van der Waals surface area contributed by atoms with E-state index in [1.165, 1.54) is 30.5 Å². The van der Waals surface area contributed by atoms with Crippen LogP contribution in [0.2, 0.25) is 10.0 Å². The van der Waals surface area contributed by atoms with Gasteiger partial charge in [-0.05, 0) is 74.4 Å².